The largest absolute Gasteiger partial charge is 0.500 e. The van der Waals surface area contributed by atoms with Gasteiger partial charge in [0.2, 0.25) is 5.71 Å². The van der Waals surface area contributed by atoms with E-state index in [1.807, 2.05) is 29.5 Å². The summed E-state index contributed by atoms with van der Waals surface area (Å²) in [5.74, 6) is -1.02. The average molecular weight is 367 g/mol. The summed E-state index contributed by atoms with van der Waals surface area (Å²) >= 11 is 1.85. The summed E-state index contributed by atoms with van der Waals surface area (Å²) in [6.45, 7) is 2.40. The van der Waals surface area contributed by atoms with E-state index in [4.69, 9.17) is 0 Å². The third-order valence-electron chi connectivity index (χ3n) is 2.73. The van der Waals surface area contributed by atoms with Gasteiger partial charge in [0.1, 0.15) is 0 Å². The Morgan fingerprint density at radius 1 is 1.50 bits per heavy atom. The molecule has 0 aromatic heterocycles. The SMILES string of the molecule is CCCC[N+]1=C(C(=O)OC)C(I)C(=O)N(C)C1=O. The van der Waals surface area contributed by atoms with Gasteiger partial charge in [-0.05, 0) is 6.42 Å². The molecule has 0 aliphatic carbocycles. The Kier molecular flexibility index (Phi) is 5.24. The first-order chi connectivity index (χ1) is 8.45. The summed E-state index contributed by atoms with van der Waals surface area (Å²) in [5, 5.41) is 0. The Labute approximate surface area is 119 Å². The third-order valence-corrected chi connectivity index (χ3v) is 3.85. The second kappa shape index (κ2) is 6.26. The second-order valence-electron chi connectivity index (χ2n) is 3.92. The van der Waals surface area contributed by atoms with Crippen molar-refractivity contribution in [2.45, 2.75) is 23.7 Å². The molecule has 6 nitrogen and oxygen atoms in total. The number of urea groups is 1. The zero-order valence-corrected chi connectivity index (χ0v) is 12.8. The van der Waals surface area contributed by atoms with Crippen LogP contribution in [0.4, 0.5) is 4.79 Å². The number of hydrogen-bond donors (Lipinski definition) is 0. The van der Waals surface area contributed by atoms with Gasteiger partial charge in [0.05, 0.1) is 20.7 Å². The Balaban J connectivity index is 3.25. The van der Waals surface area contributed by atoms with Gasteiger partial charge in [0.25, 0.3) is 0 Å². The number of amides is 3. The minimum absolute atomic E-state index is 0.125. The molecule has 1 aliphatic heterocycles. The van der Waals surface area contributed by atoms with Crippen LogP contribution in [0.5, 0.6) is 0 Å². The van der Waals surface area contributed by atoms with Crippen molar-refractivity contribution in [3.05, 3.63) is 0 Å². The topological polar surface area (TPSA) is 66.7 Å². The number of esters is 1. The third kappa shape index (κ3) is 2.70. The zero-order valence-electron chi connectivity index (χ0n) is 10.6. The van der Waals surface area contributed by atoms with E-state index in [0.29, 0.717) is 6.54 Å². The molecule has 0 bridgehead atoms. The molecule has 0 spiro atoms. The van der Waals surface area contributed by atoms with Crippen LogP contribution in [0.25, 0.3) is 0 Å². The highest BCUT2D eigenvalue weighted by Crippen LogP contribution is 2.16. The summed E-state index contributed by atoms with van der Waals surface area (Å²) in [6, 6.07) is -0.471. The van der Waals surface area contributed by atoms with Crippen molar-refractivity contribution < 1.29 is 23.7 Å². The lowest BCUT2D eigenvalue weighted by Crippen LogP contribution is -2.56. The number of carbonyl (C=O) groups excluding carboxylic acids is 3. The lowest BCUT2D eigenvalue weighted by Gasteiger charge is -2.22. The molecule has 7 heteroatoms. The molecule has 1 unspecified atom stereocenters. The molecule has 0 N–H and O–H groups in total. The second-order valence-corrected chi connectivity index (χ2v) is 5.17. The molecule has 3 amide bonds. The van der Waals surface area contributed by atoms with E-state index in [2.05, 4.69) is 4.74 Å². The average Bonchev–Trinajstić information content (AvgIpc) is 2.38. The molecular formula is C11H16IN2O4+. The van der Waals surface area contributed by atoms with Crippen LogP contribution < -0.4 is 0 Å². The highest BCUT2D eigenvalue weighted by atomic mass is 127. The Bertz CT molecular complexity index is 419. The number of hydrogen-bond acceptors (Lipinski definition) is 4. The van der Waals surface area contributed by atoms with E-state index < -0.39 is 21.8 Å². The van der Waals surface area contributed by atoms with Crippen LogP contribution in [0.1, 0.15) is 19.8 Å². The molecule has 0 aromatic rings. The monoisotopic (exact) mass is 367 g/mol. The highest BCUT2D eigenvalue weighted by Gasteiger charge is 2.47. The number of unbranched alkanes of at least 4 members (excludes halogenated alkanes) is 1. The standard InChI is InChI=1S/C11H16IN2O4/c1-4-5-6-14-8(10(16)18-3)7(12)9(15)13(2)11(14)17/h7H,4-6H2,1-3H3/q+1. The fourth-order valence-electron chi connectivity index (χ4n) is 1.65. The molecule has 1 heterocycles. The molecule has 0 saturated carbocycles. The number of methoxy groups -OCH3 is 1. The van der Waals surface area contributed by atoms with Crippen LogP contribution in [0.3, 0.4) is 0 Å². The van der Waals surface area contributed by atoms with Crippen molar-refractivity contribution in [1.82, 2.24) is 4.90 Å². The lowest BCUT2D eigenvalue weighted by atomic mass is 10.2. The van der Waals surface area contributed by atoms with Gasteiger partial charge < -0.3 is 4.74 Å². The minimum atomic E-state index is -0.686. The summed E-state index contributed by atoms with van der Waals surface area (Å²) in [5.41, 5.74) is 0.125. The maximum absolute atomic E-state index is 12.0. The molecule has 0 aromatic carbocycles. The summed E-state index contributed by atoms with van der Waals surface area (Å²) in [4.78, 5) is 36.6. The molecule has 0 fully saturated rings. The number of nitrogens with zero attached hydrogens (tertiary/aromatic N) is 2. The number of halogens is 1. The van der Waals surface area contributed by atoms with Crippen molar-refractivity contribution in [2.75, 3.05) is 20.7 Å². The Morgan fingerprint density at radius 2 is 2.11 bits per heavy atom. The fourth-order valence-corrected chi connectivity index (χ4v) is 2.66. The summed E-state index contributed by atoms with van der Waals surface area (Å²) in [6.07, 6.45) is 1.65. The molecule has 0 radical (unpaired) electrons. The number of ether oxygens (including phenoxy) is 1. The number of carbonyl (C=O) groups is 3. The Hall–Kier alpha value is -0.990. The van der Waals surface area contributed by atoms with Crippen LogP contribution >= 0.6 is 22.6 Å². The molecule has 18 heavy (non-hydrogen) atoms. The number of imide groups is 1. The van der Waals surface area contributed by atoms with E-state index in [0.717, 1.165) is 17.7 Å². The van der Waals surface area contributed by atoms with Gasteiger partial charge in [-0.3, -0.25) is 0 Å². The highest BCUT2D eigenvalue weighted by molar-refractivity contribution is 14.1. The normalized spacial score (nSPS) is 20.4. The van der Waals surface area contributed by atoms with Crippen molar-refractivity contribution >= 4 is 46.2 Å². The van der Waals surface area contributed by atoms with Crippen LogP contribution in [0.15, 0.2) is 0 Å². The van der Waals surface area contributed by atoms with E-state index >= 15 is 0 Å². The summed E-state index contributed by atoms with van der Waals surface area (Å²) < 4.78 is 5.31. The van der Waals surface area contributed by atoms with Gasteiger partial charge in [0.15, 0.2) is 3.92 Å². The van der Waals surface area contributed by atoms with Gasteiger partial charge in [-0.1, -0.05) is 35.9 Å². The predicted octanol–water partition coefficient (Wildman–Crippen LogP) is 0.809. The van der Waals surface area contributed by atoms with E-state index in [1.165, 1.54) is 18.7 Å². The smallest absolute Gasteiger partial charge is 0.463 e. The first-order valence-electron chi connectivity index (χ1n) is 5.64. The molecule has 1 atom stereocenters. The van der Waals surface area contributed by atoms with Crippen molar-refractivity contribution in [3.63, 3.8) is 0 Å². The van der Waals surface area contributed by atoms with Gasteiger partial charge in [0, 0.05) is 0 Å². The van der Waals surface area contributed by atoms with Crippen molar-refractivity contribution in [2.24, 2.45) is 0 Å². The van der Waals surface area contributed by atoms with Crippen molar-refractivity contribution in [3.8, 4) is 0 Å². The number of rotatable bonds is 4. The van der Waals surface area contributed by atoms with Gasteiger partial charge in [-0.25, -0.2) is 9.59 Å². The quantitative estimate of drug-likeness (QED) is 0.319. The van der Waals surface area contributed by atoms with E-state index in [-0.39, 0.29) is 5.71 Å². The number of alkyl halides is 1. The van der Waals surface area contributed by atoms with Crippen LogP contribution in [-0.4, -0.2) is 57.7 Å². The molecule has 0 saturated heterocycles. The first kappa shape index (κ1) is 15.1. The molecule has 1 rings (SSSR count). The summed E-state index contributed by atoms with van der Waals surface area (Å²) in [7, 11) is 2.66. The zero-order chi connectivity index (χ0) is 13.9. The van der Waals surface area contributed by atoms with E-state index in [1.54, 1.807) is 0 Å². The van der Waals surface area contributed by atoms with Crippen LogP contribution in [0, 0.1) is 0 Å². The maximum atomic E-state index is 12.0. The predicted molar refractivity (Wildman–Crippen MR) is 73.0 cm³/mol. The Morgan fingerprint density at radius 3 is 2.61 bits per heavy atom. The van der Waals surface area contributed by atoms with Gasteiger partial charge in [-0.15, -0.1) is 0 Å². The van der Waals surface area contributed by atoms with Crippen molar-refractivity contribution in [1.29, 1.82) is 0 Å². The van der Waals surface area contributed by atoms with Gasteiger partial charge >= 0.3 is 17.9 Å². The molecule has 1 aliphatic rings. The minimum Gasteiger partial charge on any atom is -0.463 e. The first-order valence-corrected chi connectivity index (χ1v) is 6.88. The molecule has 100 valence electrons. The van der Waals surface area contributed by atoms with Crippen LogP contribution in [-0.2, 0) is 14.3 Å². The lowest BCUT2D eigenvalue weighted by molar-refractivity contribution is -0.438. The van der Waals surface area contributed by atoms with Crippen LogP contribution in [0.2, 0.25) is 0 Å². The van der Waals surface area contributed by atoms with Gasteiger partial charge in [-0.2, -0.15) is 14.3 Å². The fraction of sp³-hybridized carbons (Fsp3) is 0.636. The maximum Gasteiger partial charge on any atom is 0.500 e. The molecular weight excluding hydrogens is 351 g/mol. The van der Waals surface area contributed by atoms with E-state index in [9.17, 15) is 14.4 Å².